The molecular weight excluding hydrogens is 233 g/mol. The summed E-state index contributed by atoms with van der Waals surface area (Å²) in [6.45, 7) is 13.4. The fraction of sp³-hybridized carbons (Fsp3) is 0.375. The van der Waals surface area contributed by atoms with Crippen molar-refractivity contribution in [1.82, 2.24) is 0 Å². The minimum absolute atomic E-state index is 0.0196. The lowest BCUT2D eigenvalue weighted by atomic mass is 9.39. The minimum Gasteiger partial charge on any atom is -0.298 e. The normalized spacial score (nSPS) is 27.2. The van der Waals surface area contributed by atoms with Gasteiger partial charge in [-0.15, -0.1) is 6.58 Å². The van der Waals surface area contributed by atoms with Crippen LogP contribution in [-0.4, -0.2) is 13.0 Å². The van der Waals surface area contributed by atoms with Crippen molar-refractivity contribution in [3.63, 3.8) is 0 Å². The van der Waals surface area contributed by atoms with E-state index >= 15 is 0 Å². The van der Waals surface area contributed by atoms with E-state index in [9.17, 15) is 10.1 Å². The van der Waals surface area contributed by atoms with Crippen LogP contribution in [0.4, 0.5) is 0 Å². The smallest absolute Gasteiger partial charge is 0.276 e. The van der Waals surface area contributed by atoms with Gasteiger partial charge in [0.25, 0.3) is 6.71 Å². The highest BCUT2D eigenvalue weighted by Gasteiger charge is 2.48. The number of hydrogen-bond acceptors (Lipinski definition) is 2. The first-order valence-corrected chi connectivity index (χ1v) is 6.52. The molecule has 98 valence electrons. The van der Waals surface area contributed by atoms with Crippen molar-refractivity contribution in [1.29, 1.82) is 5.26 Å². The molecule has 1 aliphatic heterocycles. The topological polar surface area (TPSA) is 40.9 Å². The van der Waals surface area contributed by atoms with Gasteiger partial charge in [-0.3, -0.25) is 4.79 Å². The summed E-state index contributed by atoms with van der Waals surface area (Å²) in [6.07, 6.45) is 8.58. The lowest BCUT2D eigenvalue weighted by molar-refractivity contribution is -0.104. The van der Waals surface area contributed by atoms with Crippen molar-refractivity contribution in [2.45, 2.75) is 31.9 Å². The first-order chi connectivity index (χ1) is 9.07. The summed E-state index contributed by atoms with van der Waals surface area (Å²) < 4.78 is 0. The molecule has 1 fully saturated rings. The third kappa shape index (κ3) is 2.79. The van der Waals surface area contributed by atoms with Gasteiger partial charge >= 0.3 is 0 Å². The van der Waals surface area contributed by atoms with Crippen molar-refractivity contribution < 1.29 is 4.79 Å². The standard InChI is InChI=1S/C16H20BNO/c1-5-8-16(4)9-10-17(12-18)15(16)14(7-3)13(6-2)11-19/h5-7,11,15H,1-3,8-10H2,4H3/b14-13-. The molecule has 2 unspecified atom stereocenters. The Morgan fingerprint density at radius 1 is 1.47 bits per heavy atom. The predicted molar refractivity (Wildman–Crippen MR) is 80.9 cm³/mol. The van der Waals surface area contributed by atoms with E-state index in [0.29, 0.717) is 5.57 Å². The number of nitrogens with zero attached hydrogens (tertiary/aromatic N) is 1. The first kappa shape index (κ1) is 15.2. The zero-order chi connectivity index (χ0) is 14.5. The molecule has 0 N–H and O–H groups in total. The Kier molecular flexibility index (Phi) is 5.12. The Bertz CT molecular complexity index is 462. The molecule has 1 aliphatic rings. The van der Waals surface area contributed by atoms with Gasteiger partial charge in [-0.05, 0) is 23.2 Å². The molecule has 1 saturated heterocycles. The van der Waals surface area contributed by atoms with Crippen LogP contribution in [0.15, 0.2) is 49.1 Å². The Balaban J connectivity index is 3.37. The molecule has 0 aromatic carbocycles. The van der Waals surface area contributed by atoms with E-state index in [-0.39, 0.29) is 17.9 Å². The van der Waals surface area contributed by atoms with E-state index < -0.39 is 0 Å². The second-order valence-corrected chi connectivity index (χ2v) is 5.34. The van der Waals surface area contributed by atoms with Crippen LogP contribution >= 0.6 is 0 Å². The summed E-state index contributed by atoms with van der Waals surface area (Å²) in [5.74, 6) is 2.40. The zero-order valence-corrected chi connectivity index (χ0v) is 11.6. The van der Waals surface area contributed by atoms with Gasteiger partial charge in [-0.25, -0.2) is 5.26 Å². The van der Waals surface area contributed by atoms with Gasteiger partial charge in [0.2, 0.25) is 0 Å². The fourth-order valence-electron chi connectivity index (χ4n) is 3.24. The van der Waals surface area contributed by atoms with E-state index in [1.807, 2.05) is 6.08 Å². The van der Waals surface area contributed by atoms with Crippen molar-refractivity contribution >= 4 is 13.0 Å². The summed E-state index contributed by atoms with van der Waals surface area (Å²) in [7, 11) is 0. The molecule has 1 rings (SSSR count). The van der Waals surface area contributed by atoms with Gasteiger partial charge < -0.3 is 0 Å². The van der Waals surface area contributed by atoms with E-state index in [0.717, 1.165) is 31.0 Å². The monoisotopic (exact) mass is 253 g/mol. The largest absolute Gasteiger partial charge is 0.298 e. The molecule has 0 aromatic rings. The molecule has 0 saturated carbocycles. The van der Waals surface area contributed by atoms with Crippen LogP contribution in [0.1, 0.15) is 19.8 Å². The van der Waals surface area contributed by atoms with Crippen LogP contribution in [0.3, 0.4) is 0 Å². The van der Waals surface area contributed by atoms with E-state index in [1.54, 1.807) is 12.2 Å². The second kappa shape index (κ2) is 6.38. The fourth-order valence-corrected chi connectivity index (χ4v) is 3.24. The molecule has 0 amide bonds. The Morgan fingerprint density at radius 3 is 2.58 bits per heavy atom. The molecule has 2 nitrogen and oxygen atoms in total. The van der Waals surface area contributed by atoms with Crippen molar-refractivity contribution in [3.05, 3.63) is 49.1 Å². The summed E-state index contributed by atoms with van der Waals surface area (Å²) >= 11 is 0. The molecular formula is C16H20BNO. The zero-order valence-electron chi connectivity index (χ0n) is 11.6. The van der Waals surface area contributed by atoms with E-state index in [4.69, 9.17) is 0 Å². The highest BCUT2D eigenvalue weighted by molar-refractivity contribution is 6.70. The maximum Gasteiger partial charge on any atom is 0.276 e. The molecule has 0 bridgehead atoms. The van der Waals surface area contributed by atoms with Gasteiger partial charge in [0.1, 0.15) is 6.29 Å². The Morgan fingerprint density at radius 2 is 2.16 bits per heavy atom. The van der Waals surface area contributed by atoms with Crippen molar-refractivity contribution in [2.75, 3.05) is 0 Å². The number of carbonyl (C=O) groups is 1. The second-order valence-electron chi connectivity index (χ2n) is 5.34. The lowest BCUT2D eigenvalue weighted by Gasteiger charge is -2.33. The van der Waals surface area contributed by atoms with Gasteiger partial charge in [0.15, 0.2) is 0 Å². The molecule has 0 radical (unpaired) electrons. The SMILES string of the molecule is C=CCC1(C)CCB(C#N)C1/C(C=C)=C(/C=C)C=O. The average Bonchev–Trinajstić information content (AvgIpc) is 2.73. The third-order valence-corrected chi connectivity index (χ3v) is 4.19. The quantitative estimate of drug-likeness (QED) is 0.238. The Hall–Kier alpha value is -1.82. The molecule has 0 spiro atoms. The van der Waals surface area contributed by atoms with Gasteiger partial charge in [0, 0.05) is 11.5 Å². The maximum atomic E-state index is 11.2. The minimum atomic E-state index is -0.0761. The van der Waals surface area contributed by atoms with Crippen LogP contribution in [-0.2, 0) is 4.79 Å². The molecule has 19 heavy (non-hydrogen) atoms. The number of allylic oxidation sites excluding steroid dienone is 5. The van der Waals surface area contributed by atoms with Crippen molar-refractivity contribution in [3.8, 4) is 5.97 Å². The van der Waals surface area contributed by atoms with Gasteiger partial charge in [-0.1, -0.05) is 51.1 Å². The average molecular weight is 253 g/mol. The van der Waals surface area contributed by atoms with Crippen LogP contribution in [0.5, 0.6) is 0 Å². The summed E-state index contributed by atoms with van der Waals surface area (Å²) in [5, 5.41) is 9.36. The molecule has 3 heteroatoms. The number of rotatable bonds is 6. The first-order valence-electron chi connectivity index (χ1n) is 6.52. The molecule has 0 aliphatic carbocycles. The predicted octanol–water partition coefficient (Wildman–Crippen LogP) is 3.77. The number of aldehydes is 1. The number of nitriles is 1. The summed E-state index contributed by atoms with van der Waals surface area (Å²) in [5.41, 5.74) is 1.35. The molecule has 1 heterocycles. The van der Waals surface area contributed by atoms with E-state index in [2.05, 4.69) is 32.6 Å². The van der Waals surface area contributed by atoms with E-state index in [1.165, 1.54) is 0 Å². The third-order valence-electron chi connectivity index (χ3n) is 4.19. The van der Waals surface area contributed by atoms with Crippen molar-refractivity contribution in [2.24, 2.45) is 5.41 Å². The highest BCUT2D eigenvalue weighted by atomic mass is 16.1. The summed E-state index contributed by atoms with van der Waals surface area (Å²) in [6, 6.07) is 0. The van der Waals surface area contributed by atoms with Gasteiger partial charge in [-0.2, -0.15) is 0 Å². The highest BCUT2D eigenvalue weighted by Crippen LogP contribution is 2.54. The molecule has 0 aromatic heterocycles. The number of carbonyl (C=O) groups excluding carboxylic acids is 1. The number of hydrogen-bond donors (Lipinski definition) is 0. The summed E-state index contributed by atoms with van der Waals surface area (Å²) in [4.78, 5) is 11.2. The van der Waals surface area contributed by atoms with Crippen LogP contribution < -0.4 is 0 Å². The van der Waals surface area contributed by atoms with Crippen LogP contribution in [0.2, 0.25) is 12.1 Å². The Labute approximate surface area is 116 Å². The van der Waals surface area contributed by atoms with Crippen LogP contribution in [0.25, 0.3) is 0 Å². The molecule has 2 atom stereocenters. The van der Waals surface area contributed by atoms with Crippen LogP contribution in [0, 0.1) is 16.6 Å². The maximum absolute atomic E-state index is 11.2. The van der Waals surface area contributed by atoms with Gasteiger partial charge in [0.05, 0.1) is 0 Å². The lowest BCUT2D eigenvalue weighted by Crippen LogP contribution is -2.26.